The molecule has 3 rings (SSSR count). The number of aliphatic carboxylic acids is 1. The monoisotopic (exact) mass is 381 g/mol. The maximum absolute atomic E-state index is 13.8. The van der Waals surface area contributed by atoms with Crippen LogP contribution in [0.25, 0.3) is 11.1 Å². The number of halogens is 2. The quantitative estimate of drug-likeness (QED) is 0.677. The van der Waals surface area contributed by atoms with Gasteiger partial charge in [0.05, 0.1) is 5.56 Å². The van der Waals surface area contributed by atoms with Crippen LogP contribution in [-0.2, 0) is 11.2 Å². The van der Waals surface area contributed by atoms with Gasteiger partial charge < -0.3 is 10.4 Å². The average Bonchev–Trinajstić information content (AvgIpc) is 2.70. The van der Waals surface area contributed by atoms with Crippen molar-refractivity contribution in [3.05, 3.63) is 95.6 Å². The Morgan fingerprint density at radius 2 is 1.50 bits per heavy atom. The van der Waals surface area contributed by atoms with E-state index in [1.54, 1.807) is 12.1 Å². The maximum atomic E-state index is 13.8. The first-order valence-electron chi connectivity index (χ1n) is 8.58. The van der Waals surface area contributed by atoms with Crippen LogP contribution in [0.2, 0.25) is 0 Å². The highest BCUT2D eigenvalue weighted by atomic mass is 19.2. The minimum atomic E-state index is -1.31. The van der Waals surface area contributed by atoms with Gasteiger partial charge in [-0.05, 0) is 28.8 Å². The molecule has 0 saturated carbocycles. The number of benzene rings is 3. The van der Waals surface area contributed by atoms with E-state index in [-0.39, 0.29) is 6.42 Å². The molecule has 0 unspecified atom stereocenters. The first-order chi connectivity index (χ1) is 13.5. The summed E-state index contributed by atoms with van der Waals surface area (Å²) in [6.07, 6.45) is 0.00702. The predicted octanol–water partition coefficient (Wildman–Crippen LogP) is 4.06. The molecule has 0 aliphatic heterocycles. The predicted molar refractivity (Wildman–Crippen MR) is 101 cm³/mol. The molecule has 0 spiro atoms. The largest absolute Gasteiger partial charge is 0.480 e. The van der Waals surface area contributed by atoms with Crippen molar-refractivity contribution < 1.29 is 23.5 Å². The fraction of sp³-hybridized carbons (Fsp3) is 0.0909. The summed E-state index contributed by atoms with van der Waals surface area (Å²) in [7, 11) is 0. The van der Waals surface area contributed by atoms with Crippen LogP contribution in [0.5, 0.6) is 0 Å². The van der Waals surface area contributed by atoms with Gasteiger partial charge in [0.25, 0.3) is 5.91 Å². The highest BCUT2D eigenvalue weighted by Crippen LogP contribution is 2.20. The van der Waals surface area contributed by atoms with Crippen LogP contribution in [0.15, 0.2) is 72.8 Å². The third-order valence-electron chi connectivity index (χ3n) is 4.30. The van der Waals surface area contributed by atoms with Gasteiger partial charge >= 0.3 is 5.97 Å². The second-order valence-corrected chi connectivity index (χ2v) is 6.23. The molecule has 3 aromatic rings. The lowest BCUT2D eigenvalue weighted by molar-refractivity contribution is -0.139. The molecule has 1 amide bonds. The van der Waals surface area contributed by atoms with E-state index in [1.165, 1.54) is 6.07 Å². The molecule has 0 bridgehead atoms. The third kappa shape index (κ3) is 4.40. The van der Waals surface area contributed by atoms with Crippen molar-refractivity contribution in [1.82, 2.24) is 5.32 Å². The van der Waals surface area contributed by atoms with E-state index < -0.39 is 35.1 Å². The zero-order valence-corrected chi connectivity index (χ0v) is 14.7. The minimum absolute atomic E-state index is 0.00702. The van der Waals surface area contributed by atoms with Gasteiger partial charge in [0.2, 0.25) is 0 Å². The first kappa shape index (κ1) is 19.2. The van der Waals surface area contributed by atoms with Crippen LogP contribution in [0.3, 0.4) is 0 Å². The lowest BCUT2D eigenvalue weighted by atomic mass is 10.0. The number of carboxylic acid groups (broad SMARTS) is 1. The summed E-state index contributed by atoms with van der Waals surface area (Å²) in [5, 5.41) is 11.7. The average molecular weight is 381 g/mol. The maximum Gasteiger partial charge on any atom is 0.326 e. The fourth-order valence-electron chi connectivity index (χ4n) is 2.81. The van der Waals surface area contributed by atoms with Crippen molar-refractivity contribution in [1.29, 1.82) is 0 Å². The third-order valence-corrected chi connectivity index (χ3v) is 4.30. The molecule has 1 atom stereocenters. The number of nitrogens with one attached hydrogen (secondary N) is 1. The van der Waals surface area contributed by atoms with Crippen molar-refractivity contribution in [3.8, 4) is 11.1 Å². The summed E-state index contributed by atoms with van der Waals surface area (Å²) in [6, 6.07) is 18.8. The molecule has 4 nitrogen and oxygen atoms in total. The molecule has 0 heterocycles. The number of hydrogen-bond acceptors (Lipinski definition) is 2. The van der Waals surface area contributed by atoms with E-state index in [0.29, 0.717) is 5.56 Å². The van der Waals surface area contributed by atoms with E-state index in [4.69, 9.17) is 0 Å². The van der Waals surface area contributed by atoms with Crippen LogP contribution in [-0.4, -0.2) is 23.0 Å². The molecule has 142 valence electrons. The Morgan fingerprint density at radius 3 is 2.14 bits per heavy atom. The van der Waals surface area contributed by atoms with Crippen molar-refractivity contribution in [2.75, 3.05) is 0 Å². The van der Waals surface area contributed by atoms with Crippen LogP contribution >= 0.6 is 0 Å². The Balaban J connectivity index is 1.74. The molecule has 28 heavy (non-hydrogen) atoms. The zero-order valence-electron chi connectivity index (χ0n) is 14.7. The SMILES string of the molecule is O=C(N[C@H](Cc1ccc(-c2ccccc2)cc1)C(=O)O)c1cccc(F)c1F. The van der Waals surface area contributed by atoms with Crippen molar-refractivity contribution >= 4 is 11.9 Å². The molecular formula is C22H17F2NO3. The highest BCUT2D eigenvalue weighted by molar-refractivity contribution is 5.96. The number of carbonyl (C=O) groups excluding carboxylic acids is 1. The lowest BCUT2D eigenvalue weighted by Crippen LogP contribution is -2.42. The van der Waals surface area contributed by atoms with Crippen LogP contribution in [0.4, 0.5) is 8.78 Å². The number of carboxylic acids is 1. The van der Waals surface area contributed by atoms with Crippen molar-refractivity contribution in [2.45, 2.75) is 12.5 Å². The molecule has 0 aromatic heterocycles. The van der Waals surface area contributed by atoms with Gasteiger partial charge in [-0.25, -0.2) is 13.6 Å². The molecule has 2 N–H and O–H groups in total. The topological polar surface area (TPSA) is 66.4 Å². The summed E-state index contributed by atoms with van der Waals surface area (Å²) < 4.78 is 27.0. The number of rotatable bonds is 6. The molecule has 0 fully saturated rings. The molecule has 6 heteroatoms. The van der Waals surface area contributed by atoms with Crippen LogP contribution in [0.1, 0.15) is 15.9 Å². The Kier molecular flexibility index (Phi) is 5.79. The van der Waals surface area contributed by atoms with Gasteiger partial charge in [-0.1, -0.05) is 60.7 Å². The van der Waals surface area contributed by atoms with E-state index in [2.05, 4.69) is 5.32 Å². The van der Waals surface area contributed by atoms with Gasteiger partial charge in [0.1, 0.15) is 6.04 Å². The van der Waals surface area contributed by atoms with Crippen LogP contribution < -0.4 is 5.32 Å². The summed E-state index contributed by atoms with van der Waals surface area (Å²) in [5.74, 6) is -4.73. The summed E-state index contributed by atoms with van der Waals surface area (Å²) in [4.78, 5) is 23.7. The summed E-state index contributed by atoms with van der Waals surface area (Å²) in [5.41, 5.74) is 2.15. The van der Waals surface area contributed by atoms with E-state index >= 15 is 0 Å². The number of carbonyl (C=O) groups is 2. The fourth-order valence-corrected chi connectivity index (χ4v) is 2.81. The Morgan fingerprint density at radius 1 is 0.857 bits per heavy atom. The Labute approximate surface area is 160 Å². The molecule has 0 aliphatic carbocycles. The lowest BCUT2D eigenvalue weighted by Gasteiger charge is -2.15. The molecule has 0 radical (unpaired) electrons. The van der Waals surface area contributed by atoms with Crippen LogP contribution in [0, 0.1) is 11.6 Å². The Hall–Kier alpha value is -3.54. The van der Waals surface area contributed by atoms with Gasteiger partial charge in [0, 0.05) is 6.42 Å². The number of hydrogen-bond donors (Lipinski definition) is 2. The molecule has 0 saturated heterocycles. The Bertz CT molecular complexity index is 988. The molecule has 3 aromatic carbocycles. The zero-order chi connectivity index (χ0) is 20.1. The standard InChI is InChI=1S/C22H17F2NO3/c23-18-8-4-7-17(20(18)24)21(26)25-19(22(27)28)13-14-9-11-16(12-10-14)15-5-2-1-3-6-15/h1-12,19H,13H2,(H,25,26)(H,27,28)/t19-/m1/s1. The van der Waals surface area contributed by atoms with Crippen molar-refractivity contribution in [3.63, 3.8) is 0 Å². The van der Waals surface area contributed by atoms with Gasteiger partial charge in [0.15, 0.2) is 11.6 Å². The minimum Gasteiger partial charge on any atom is -0.480 e. The normalized spacial score (nSPS) is 11.6. The second kappa shape index (κ2) is 8.43. The van der Waals surface area contributed by atoms with E-state index in [9.17, 15) is 23.5 Å². The van der Waals surface area contributed by atoms with Gasteiger partial charge in [-0.3, -0.25) is 4.79 Å². The smallest absolute Gasteiger partial charge is 0.326 e. The van der Waals surface area contributed by atoms with E-state index in [1.807, 2.05) is 42.5 Å². The van der Waals surface area contributed by atoms with Gasteiger partial charge in [-0.15, -0.1) is 0 Å². The van der Waals surface area contributed by atoms with E-state index in [0.717, 1.165) is 23.3 Å². The first-order valence-corrected chi connectivity index (χ1v) is 8.58. The summed E-state index contributed by atoms with van der Waals surface area (Å²) in [6.45, 7) is 0. The van der Waals surface area contributed by atoms with Crippen molar-refractivity contribution in [2.24, 2.45) is 0 Å². The second-order valence-electron chi connectivity index (χ2n) is 6.23. The van der Waals surface area contributed by atoms with Gasteiger partial charge in [-0.2, -0.15) is 0 Å². The summed E-state index contributed by atoms with van der Waals surface area (Å²) >= 11 is 0. The number of amides is 1. The highest BCUT2D eigenvalue weighted by Gasteiger charge is 2.23. The molecule has 0 aliphatic rings. The molecular weight excluding hydrogens is 364 g/mol.